The van der Waals surface area contributed by atoms with Gasteiger partial charge in [-0.25, -0.2) is 0 Å². The minimum absolute atomic E-state index is 0.907. The minimum Gasteiger partial charge on any atom is -0.397 e. The van der Waals surface area contributed by atoms with Crippen molar-refractivity contribution in [3.63, 3.8) is 0 Å². The number of halogens is 1. The van der Waals surface area contributed by atoms with Gasteiger partial charge < -0.3 is 10.6 Å². The molecular formula is C14H23IN2. The van der Waals surface area contributed by atoms with Crippen molar-refractivity contribution in [1.82, 2.24) is 0 Å². The lowest BCUT2D eigenvalue weighted by atomic mass is 10.2. The number of benzene rings is 1. The summed E-state index contributed by atoms with van der Waals surface area (Å²) in [6, 6.07) is 6.35. The number of hydrogen-bond acceptors (Lipinski definition) is 2. The molecule has 0 aliphatic carbocycles. The maximum Gasteiger partial charge on any atom is 0.0600 e. The molecular weight excluding hydrogens is 323 g/mol. The zero-order chi connectivity index (χ0) is 12.7. The molecule has 0 atom stereocenters. The molecule has 0 unspecified atom stereocenters. The van der Waals surface area contributed by atoms with Gasteiger partial charge in [0.25, 0.3) is 0 Å². The molecule has 0 amide bonds. The van der Waals surface area contributed by atoms with Crippen LogP contribution >= 0.6 is 22.6 Å². The topological polar surface area (TPSA) is 29.3 Å². The van der Waals surface area contributed by atoms with E-state index in [1.165, 1.54) is 34.9 Å². The first kappa shape index (κ1) is 14.6. The van der Waals surface area contributed by atoms with Crippen LogP contribution < -0.4 is 10.6 Å². The Labute approximate surface area is 119 Å². The Kier molecular flexibility index (Phi) is 6.70. The maximum atomic E-state index is 6.12. The first-order valence-corrected chi connectivity index (χ1v) is 7.56. The molecule has 17 heavy (non-hydrogen) atoms. The van der Waals surface area contributed by atoms with Crippen molar-refractivity contribution in [3.8, 4) is 0 Å². The number of nitrogens with two attached hydrogens (primary N) is 1. The van der Waals surface area contributed by atoms with E-state index in [2.05, 4.69) is 59.5 Å². The highest BCUT2D eigenvalue weighted by Crippen LogP contribution is 2.25. The van der Waals surface area contributed by atoms with Crippen LogP contribution in [0, 0.1) is 3.57 Å². The van der Waals surface area contributed by atoms with E-state index in [0.29, 0.717) is 0 Å². The molecule has 0 aliphatic rings. The monoisotopic (exact) mass is 346 g/mol. The number of nitrogens with zero attached hydrogens (tertiary/aromatic N) is 1. The highest BCUT2D eigenvalue weighted by atomic mass is 127. The summed E-state index contributed by atoms with van der Waals surface area (Å²) in [5, 5.41) is 0. The largest absolute Gasteiger partial charge is 0.397 e. The fourth-order valence-corrected chi connectivity index (χ4v) is 2.38. The second-order valence-electron chi connectivity index (χ2n) is 4.40. The second kappa shape index (κ2) is 7.80. The lowest BCUT2D eigenvalue weighted by Gasteiger charge is -2.26. The molecule has 1 aromatic rings. The van der Waals surface area contributed by atoms with Crippen LogP contribution in [-0.4, -0.2) is 13.1 Å². The van der Waals surface area contributed by atoms with Crippen LogP contribution in [0.5, 0.6) is 0 Å². The molecule has 0 aliphatic heterocycles. The summed E-state index contributed by atoms with van der Waals surface area (Å²) in [6.45, 7) is 6.69. The van der Waals surface area contributed by atoms with Gasteiger partial charge in [0.1, 0.15) is 0 Å². The summed E-state index contributed by atoms with van der Waals surface area (Å²) in [5.41, 5.74) is 8.23. The summed E-state index contributed by atoms with van der Waals surface area (Å²) in [4.78, 5) is 2.43. The minimum atomic E-state index is 0.907. The molecule has 0 fully saturated rings. The average Bonchev–Trinajstić information content (AvgIpc) is 2.30. The number of nitrogen functional groups attached to an aromatic ring is 1. The smallest absolute Gasteiger partial charge is 0.0600 e. The van der Waals surface area contributed by atoms with Crippen LogP contribution in [0.25, 0.3) is 0 Å². The van der Waals surface area contributed by atoms with Crippen molar-refractivity contribution >= 4 is 34.0 Å². The van der Waals surface area contributed by atoms with E-state index in [1.807, 2.05) is 0 Å². The van der Waals surface area contributed by atoms with E-state index in [1.54, 1.807) is 0 Å². The quantitative estimate of drug-likeness (QED) is 0.590. The van der Waals surface area contributed by atoms with E-state index in [-0.39, 0.29) is 0 Å². The van der Waals surface area contributed by atoms with Gasteiger partial charge in [0.15, 0.2) is 0 Å². The second-order valence-corrected chi connectivity index (χ2v) is 5.64. The third kappa shape index (κ3) is 4.74. The van der Waals surface area contributed by atoms with Crippen molar-refractivity contribution < 1.29 is 0 Å². The molecule has 0 saturated heterocycles. The summed E-state index contributed by atoms with van der Waals surface area (Å²) >= 11 is 2.30. The Morgan fingerprint density at radius 1 is 1.12 bits per heavy atom. The van der Waals surface area contributed by atoms with E-state index in [9.17, 15) is 0 Å². The third-order valence-corrected chi connectivity index (χ3v) is 3.56. The van der Waals surface area contributed by atoms with Crippen LogP contribution in [0.3, 0.4) is 0 Å². The summed E-state index contributed by atoms with van der Waals surface area (Å²) < 4.78 is 1.20. The molecule has 0 heterocycles. The van der Waals surface area contributed by atoms with Crippen molar-refractivity contribution in [2.75, 3.05) is 23.7 Å². The van der Waals surface area contributed by atoms with Crippen molar-refractivity contribution in [2.24, 2.45) is 0 Å². The first-order chi connectivity index (χ1) is 8.19. The fraction of sp³-hybridized carbons (Fsp3) is 0.571. The molecule has 1 aromatic carbocycles. The average molecular weight is 346 g/mol. The van der Waals surface area contributed by atoms with Gasteiger partial charge in [-0.15, -0.1) is 0 Å². The summed E-state index contributed by atoms with van der Waals surface area (Å²) in [6.07, 6.45) is 4.92. The van der Waals surface area contributed by atoms with Gasteiger partial charge in [0, 0.05) is 16.7 Å². The normalized spacial score (nSPS) is 10.5. The molecule has 0 spiro atoms. The standard InChI is InChI=1S/C14H23IN2/c1-3-5-9-17(10-6-4-2)14-8-7-12(15)11-13(14)16/h7-8,11H,3-6,9-10,16H2,1-2H3. The predicted molar refractivity (Wildman–Crippen MR) is 85.6 cm³/mol. The van der Waals surface area contributed by atoms with Crippen LogP contribution in [0.4, 0.5) is 11.4 Å². The Balaban J connectivity index is 2.79. The maximum absolute atomic E-state index is 6.12. The Bertz CT molecular complexity index is 331. The number of unbranched alkanes of at least 4 members (excludes halogenated alkanes) is 2. The number of anilines is 2. The molecule has 0 saturated carbocycles. The van der Waals surface area contributed by atoms with Crippen LogP contribution in [0.15, 0.2) is 18.2 Å². The fourth-order valence-electron chi connectivity index (χ4n) is 1.86. The van der Waals surface area contributed by atoms with Gasteiger partial charge in [-0.3, -0.25) is 0 Å². The van der Waals surface area contributed by atoms with Gasteiger partial charge >= 0.3 is 0 Å². The highest BCUT2D eigenvalue weighted by molar-refractivity contribution is 14.1. The van der Waals surface area contributed by atoms with Crippen molar-refractivity contribution in [2.45, 2.75) is 39.5 Å². The van der Waals surface area contributed by atoms with Crippen molar-refractivity contribution in [3.05, 3.63) is 21.8 Å². The Morgan fingerprint density at radius 2 is 1.71 bits per heavy atom. The Morgan fingerprint density at radius 3 is 2.18 bits per heavy atom. The number of rotatable bonds is 7. The molecule has 1 rings (SSSR count). The van der Waals surface area contributed by atoms with Gasteiger partial charge in [0.2, 0.25) is 0 Å². The Hall–Kier alpha value is -0.450. The summed E-state index contributed by atoms with van der Waals surface area (Å²) in [5.74, 6) is 0. The van der Waals surface area contributed by atoms with Gasteiger partial charge in [-0.1, -0.05) is 26.7 Å². The lowest BCUT2D eigenvalue weighted by Crippen LogP contribution is -2.26. The zero-order valence-electron chi connectivity index (χ0n) is 10.9. The van der Waals surface area contributed by atoms with E-state index in [0.717, 1.165) is 18.8 Å². The molecule has 0 radical (unpaired) electrons. The third-order valence-electron chi connectivity index (χ3n) is 2.89. The van der Waals surface area contributed by atoms with Crippen LogP contribution in [0.1, 0.15) is 39.5 Å². The van der Waals surface area contributed by atoms with Gasteiger partial charge in [0.05, 0.1) is 11.4 Å². The molecule has 2 nitrogen and oxygen atoms in total. The van der Waals surface area contributed by atoms with Crippen LogP contribution in [-0.2, 0) is 0 Å². The molecule has 2 N–H and O–H groups in total. The molecule has 96 valence electrons. The predicted octanol–water partition coefficient (Wildman–Crippen LogP) is 4.28. The zero-order valence-corrected chi connectivity index (χ0v) is 13.0. The molecule has 0 aromatic heterocycles. The van der Waals surface area contributed by atoms with Crippen molar-refractivity contribution in [1.29, 1.82) is 0 Å². The first-order valence-electron chi connectivity index (χ1n) is 6.49. The SMILES string of the molecule is CCCCN(CCCC)c1ccc(I)cc1N. The van der Waals surface area contributed by atoms with E-state index < -0.39 is 0 Å². The van der Waals surface area contributed by atoms with Gasteiger partial charge in [-0.05, 0) is 53.6 Å². The number of hydrogen-bond donors (Lipinski definition) is 1. The van der Waals surface area contributed by atoms with E-state index >= 15 is 0 Å². The lowest BCUT2D eigenvalue weighted by molar-refractivity contribution is 0.678. The van der Waals surface area contributed by atoms with Crippen LogP contribution in [0.2, 0.25) is 0 Å². The summed E-state index contributed by atoms with van der Waals surface area (Å²) in [7, 11) is 0. The highest BCUT2D eigenvalue weighted by Gasteiger charge is 2.09. The molecule has 0 bridgehead atoms. The molecule has 3 heteroatoms. The van der Waals surface area contributed by atoms with E-state index in [4.69, 9.17) is 5.73 Å². The van der Waals surface area contributed by atoms with Gasteiger partial charge in [-0.2, -0.15) is 0 Å².